The molecule has 34 heavy (non-hydrogen) atoms. The Morgan fingerprint density at radius 2 is 2.15 bits per heavy atom. The lowest BCUT2D eigenvalue weighted by molar-refractivity contribution is 0.155. The average molecular weight is 493 g/mol. The quantitative estimate of drug-likeness (QED) is 0.349. The molecular weight excluding hydrogens is 472 g/mol. The van der Waals surface area contributed by atoms with Crippen LogP contribution in [0, 0.1) is 31.1 Å². The van der Waals surface area contributed by atoms with Crippen molar-refractivity contribution in [1.29, 1.82) is 0 Å². The average Bonchev–Trinajstić information content (AvgIpc) is 3.48. The van der Waals surface area contributed by atoms with Crippen LogP contribution in [0.15, 0.2) is 39.8 Å². The normalized spacial score (nSPS) is 18.5. The van der Waals surface area contributed by atoms with Gasteiger partial charge in [-0.2, -0.15) is 0 Å². The number of ether oxygens (including phenoxy) is 1. The van der Waals surface area contributed by atoms with E-state index in [9.17, 15) is 9.90 Å². The SMILES string of the molecule is Cc1ccccc1COC(=O)Nc1c(C)noc1C#Cc1cc2c(s1)C=C1S(=C(O)C13CC3)O2. The van der Waals surface area contributed by atoms with Gasteiger partial charge in [0.25, 0.3) is 0 Å². The van der Waals surface area contributed by atoms with E-state index in [1.165, 1.54) is 16.2 Å². The molecule has 2 aliphatic heterocycles. The summed E-state index contributed by atoms with van der Waals surface area (Å²) in [5.41, 5.74) is 2.77. The molecule has 172 valence electrons. The van der Waals surface area contributed by atoms with E-state index in [1.54, 1.807) is 6.92 Å². The first kappa shape index (κ1) is 21.2. The number of benzene rings is 1. The number of carbonyl (C=O) groups excluding carboxylic acids is 1. The van der Waals surface area contributed by atoms with Crippen LogP contribution in [0.1, 0.15) is 45.2 Å². The second-order valence-electron chi connectivity index (χ2n) is 8.44. The fraction of sp³-hybridized carbons (Fsp3) is 0.240. The van der Waals surface area contributed by atoms with Crippen molar-refractivity contribution in [3.05, 3.63) is 67.6 Å². The molecule has 2 N–H and O–H groups in total. The number of nitrogens with one attached hydrogen (secondary N) is 1. The number of fused-ring (bicyclic) bond motifs is 3. The Hall–Kier alpha value is -3.32. The van der Waals surface area contributed by atoms with Crippen molar-refractivity contribution in [2.75, 3.05) is 5.32 Å². The third-order valence-corrected chi connectivity index (χ3v) is 9.15. The van der Waals surface area contributed by atoms with Crippen LogP contribution in [-0.4, -0.2) is 21.4 Å². The Morgan fingerprint density at radius 1 is 1.32 bits per heavy atom. The maximum Gasteiger partial charge on any atom is 0.412 e. The second kappa shape index (κ2) is 7.87. The number of amides is 1. The number of carbonyl (C=O) groups is 1. The predicted molar refractivity (Wildman–Crippen MR) is 132 cm³/mol. The molecule has 9 heteroatoms. The minimum atomic E-state index is -0.617. The maximum absolute atomic E-state index is 12.4. The summed E-state index contributed by atoms with van der Waals surface area (Å²) in [4.78, 5) is 15.4. The first-order chi connectivity index (χ1) is 16.4. The molecule has 4 heterocycles. The van der Waals surface area contributed by atoms with Crippen LogP contribution in [0.4, 0.5) is 10.5 Å². The molecule has 0 bridgehead atoms. The molecule has 0 saturated heterocycles. The zero-order valence-corrected chi connectivity index (χ0v) is 20.1. The van der Waals surface area contributed by atoms with Crippen LogP contribution in [0.25, 0.3) is 6.08 Å². The van der Waals surface area contributed by atoms with E-state index >= 15 is 0 Å². The van der Waals surface area contributed by atoms with E-state index in [0.29, 0.717) is 16.4 Å². The van der Waals surface area contributed by atoms with Crippen molar-refractivity contribution in [2.24, 2.45) is 5.41 Å². The maximum atomic E-state index is 12.4. The van der Waals surface area contributed by atoms with Crippen LogP contribution < -0.4 is 9.50 Å². The number of thiophene rings is 1. The molecule has 1 saturated carbocycles. The van der Waals surface area contributed by atoms with Gasteiger partial charge >= 0.3 is 6.09 Å². The van der Waals surface area contributed by atoms with Crippen molar-refractivity contribution >= 4 is 45.0 Å². The molecule has 1 spiro atoms. The summed E-state index contributed by atoms with van der Waals surface area (Å²) < 4.78 is 16.7. The zero-order valence-electron chi connectivity index (χ0n) is 18.4. The monoisotopic (exact) mass is 492 g/mol. The lowest BCUT2D eigenvalue weighted by atomic mass is 10.1. The van der Waals surface area contributed by atoms with E-state index in [0.717, 1.165) is 39.5 Å². The van der Waals surface area contributed by atoms with Gasteiger partial charge in [0.2, 0.25) is 5.76 Å². The van der Waals surface area contributed by atoms with E-state index in [-0.39, 0.29) is 17.8 Å². The predicted octanol–water partition coefficient (Wildman–Crippen LogP) is 5.90. The van der Waals surface area contributed by atoms with Crippen LogP contribution in [0.5, 0.6) is 5.75 Å². The molecule has 0 radical (unpaired) electrons. The first-order valence-electron chi connectivity index (χ1n) is 10.8. The number of rotatable bonds is 3. The Bertz CT molecular complexity index is 1480. The Morgan fingerprint density at radius 3 is 2.94 bits per heavy atom. The summed E-state index contributed by atoms with van der Waals surface area (Å²) in [7, 11) is -0.617. The van der Waals surface area contributed by atoms with Crippen molar-refractivity contribution in [1.82, 2.24) is 5.16 Å². The Kier molecular flexibility index (Phi) is 4.92. The number of aromatic nitrogens is 1. The number of nitrogens with zero attached hydrogens (tertiary/aromatic N) is 1. The van der Waals surface area contributed by atoms with Gasteiger partial charge in [-0.25, -0.2) is 4.79 Å². The molecule has 2 aromatic heterocycles. The van der Waals surface area contributed by atoms with Gasteiger partial charge in [-0.1, -0.05) is 29.4 Å². The van der Waals surface area contributed by atoms with E-state index in [4.69, 9.17) is 13.4 Å². The number of aliphatic hydroxyl groups excluding tert-OH is 1. The molecule has 1 aromatic carbocycles. The summed E-state index contributed by atoms with van der Waals surface area (Å²) >= 11 is 1.52. The third kappa shape index (κ3) is 3.46. The topological polar surface area (TPSA) is 93.8 Å². The van der Waals surface area contributed by atoms with Gasteiger partial charge in [0, 0.05) is 11.0 Å². The van der Waals surface area contributed by atoms with E-state index in [1.807, 2.05) is 37.3 Å². The van der Waals surface area contributed by atoms with Gasteiger partial charge < -0.3 is 18.5 Å². The lowest BCUT2D eigenvalue weighted by Gasteiger charge is -2.35. The summed E-state index contributed by atoms with van der Waals surface area (Å²) in [5.74, 6) is 7.01. The summed E-state index contributed by atoms with van der Waals surface area (Å²) in [5, 5.41) is 17.4. The number of aliphatic hydroxyl groups is 1. The highest BCUT2D eigenvalue weighted by Gasteiger charge is 2.60. The first-order valence-corrected chi connectivity index (χ1v) is 12.7. The largest absolute Gasteiger partial charge is 0.444 e. The fourth-order valence-corrected chi connectivity index (χ4v) is 7.08. The lowest BCUT2D eigenvalue weighted by Crippen LogP contribution is -2.30. The summed E-state index contributed by atoms with van der Waals surface area (Å²) in [6, 6.07) is 9.59. The Labute approximate surface area is 202 Å². The molecule has 6 rings (SSSR count). The Balaban J connectivity index is 1.17. The van der Waals surface area contributed by atoms with E-state index in [2.05, 4.69) is 28.4 Å². The third-order valence-electron chi connectivity index (χ3n) is 6.18. The second-order valence-corrected chi connectivity index (χ2v) is 11.1. The highest BCUT2D eigenvalue weighted by molar-refractivity contribution is 8.17. The number of aryl methyl sites for hydroxylation is 2. The van der Waals surface area contributed by atoms with Gasteiger partial charge in [-0.3, -0.25) is 5.32 Å². The molecule has 1 unspecified atom stereocenters. The van der Waals surface area contributed by atoms with E-state index < -0.39 is 16.9 Å². The van der Waals surface area contributed by atoms with Gasteiger partial charge in [-0.15, -0.1) is 11.3 Å². The van der Waals surface area contributed by atoms with Crippen LogP contribution >= 0.6 is 22.1 Å². The van der Waals surface area contributed by atoms with Gasteiger partial charge in [0.1, 0.15) is 23.0 Å². The van der Waals surface area contributed by atoms with Crippen molar-refractivity contribution in [3.8, 4) is 17.6 Å². The molecule has 1 atom stereocenters. The molecule has 7 nitrogen and oxygen atoms in total. The van der Waals surface area contributed by atoms with Crippen LogP contribution in [0.2, 0.25) is 0 Å². The highest BCUT2D eigenvalue weighted by atomic mass is 32.2. The van der Waals surface area contributed by atoms with Gasteiger partial charge in [-0.05, 0) is 55.7 Å². The summed E-state index contributed by atoms with van der Waals surface area (Å²) in [6.45, 7) is 3.85. The highest BCUT2D eigenvalue weighted by Crippen LogP contribution is 2.69. The molecule has 1 aliphatic carbocycles. The molecule has 1 amide bonds. The number of anilines is 1. The molecule has 3 aliphatic rings. The van der Waals surface area contributed by atoms with Crippen molar-refractivity contribution in [3.63, 3.8) is 0 Å². The number of hydrogen-bond acceptors (Lipinski definition) is 6. The van der Waals surface area contributed by atoms with Crippen LogP contribution in [0.3, 0.4) is 0 Å². The van der Waals surface area contributed by atoms with Crippen molar-refractivity contribution in [2.45, 2.75) is 33.3 Å². The summed E-state index contributed by atoms with van der Waals surface area (Å²) in [6.07, 6.45) is 3.53. The van der Waals surface area contributed by atoms with Gasteiger partial charge in [0.15, 0.2) is 5.75 Å². The standard InChI is InChI=1S/C25H20N2O5S2/c1-14-5-3-4-6-16(14)13-30-24(29)26-22-15(2)27-31-18(22)8-7-17-11-19-20(33-17)12-21-25(9-10-25)23(28)34(21)32-19/h3-6,11-12,28H,9-10,13H2,1-2H3,(H,26,29). The minimum Gasteiger partial charge on any atom is -0.444 e. The number of hydrogen-bond donors (Lipinski definition) is 2. The minimum absolute atomic E-state index is 0.109. The fourth-order valence-electron chi connectivity index (χ4n) is 3.98. The zero-order chi connectivity index (χ0) is 23.4. The van der Waals surface area contributed by atoms with Crippen LogP contribution in [-0.2, 0) is 11.3 Å². The van der Waals surface area contributed by atoms with Crippen molar-refractivity contribution < 1.29 is 23.3 Å². The molecular formula is C25H20N2O5S2. The van der Waals surface area contributed by atoms with Gasteiger partial charge in [0.05, 0.1) is 25.9 Å². The smallest absolute Gasteiger partial charge is 0.412 e. The molecule has 3 aromatic rings. The molecule has 1 fully saturated rings.